The maximum absolute atomic E-state index is 6.06. The van der Waals surface area contributed by atoms with Gasteiger partial charge in [0.25, 0.3) is 0 Å². The molecule has 76 valence electrons. The van der Waals surface area contributed by atoms with Gasteiger partial charge < -0.3 is 0 Å². The molecule has 0 radical (unpaired) electrons. The van der Waals surface area contributed by atoms with Gasteiger partial charge in [0, 0.05) is 5.56 Å². The molecule has 0 spiro atoms. The van der Waals surface area contributed by atoms with Crippen molar-refractivity contribution in [3.63, 3.8) is 0 Å². The lowest BCUT2D eigenvalue weighted by Crippen LogP contribution is -1.88. The van der Waals surface area contributed by atoms with Gasteiger partial charge in [-0.05, 0) is 18.2 Å². The summed E-state index contributed by atoms with van der Waals surface area (Å²) in [5.74, 6) is 0. The van der Waals surface area contributed by atoms with Gasteiger partial charge in [-0.3, -0.25) is 5.10 Å². The molecule has 0 amide bonds. The molecule has 2 rings (SSSR count). The Kier molecular flexibility index (Phi) is 3.05. The maximum Gasteiger partial charge on any atom is 0.119 e. The van der Waals surface area contributed by atoms with Gasteiger partial charge in [0.2, 0.25) is 0 Å². The zero-order valence-corrected chi connectivity index (χ0v) is 9.83. The number of hydrogen-bond acceptors (Lipinski definition) is 2. The third-order valence-electron chi connectivity index (χ3n) is 1.91. The number of nitrogens with zero attached hydrogens (tertiary/aromatic N) is 1. The molecule has 0 unspecified atom stereocenters. The first-order chi connectivity index (χ1) is 7.18. The average molecular weight is 257 g/mol. The van der Waals surface area contributed by atoms with Crippen molar-refractivity contribution in [1.29, 1.82) is 0 Å². The van der Waals surface area contributed by atoms with E-state index in [2.05, 4.69) is 10.2 Å². The highest BCUT2D eigenvalue weighted by Gasteiger charge is 2.07. The van der Waals surface area contributed by atoms with E-state index in [-0.39, 0.29) is 0 Å². The molecule has 15 heavy (non-hydrogen) atoms. The van der Waals surface area contributed by atoms with E-state index in [0.717, 1.165) is 11.3 Å². The first kappa shape index (κ1) is 10.6. The smallest absolute Gasteiger partial charge is 0.119 e. The molecule has 1 aromatic carbocycles. The molecule has 0 saturated carbocycles. The summed E-state index contributed by atoms with van der Waals surface area (Å²) in [4.78, 5) is 0. The van der Waals surface area contributed by atoms with Crippen LogP contribution in [0, 0.1) is 4.64 Å². The Balaban J connectivity index is 2.59. The normalized spacial score (nSPS) is 10.3. The number of H-pyrrole nitrogens is 1. The molecule has 5 heteroatoms. The fourth-order valence-corrected chi connectivity index (χ4v) is 1.71. The Hall–Kier alpha value is -0.900. The van der Waals surface area contributed by atoms with Crippen molar-refractivity contribution in [2.45, 2.75) is 0 Å². The zero-order chi connectivity index (χ0) is 10.8. The van der Waals surface area contributed by atoms with E-state index in [1.807, 2.05) is 12.1 Å². The summed E-state index contributed by atoms with van der Waals surface area (Å²) in [6.07, 6.45) is 0. The summed E-state index contributed by atoms with van der Waals surface area (Å²) >= 11 is 16.9. The van der Waals surface area contributed by atoms with Crippen LogP contribution in [0.5, 0.6) is 0 Å². The highest BCUT2D eigenvalue weighted by atomic mass is 35.5. The van der Waals surface area contributed by atoms with Gasteiger partial charge in [-0.1, -0.05) is 47.6 Å². The van der Waals surface area contributed by atoms with Gasteiger partial charge in [0.05, 0.1) is 15.7 Å². The number of aromatic nitrogens is 2. The minimum Gasteiger partial charge on any atom is -0.267 e. The summed E-state index contributed by atoms with van der Waals surface area (Å²) in [5, 5.41) is 7.80. The predicted octanol–water partition coefficient (Wildman–Crippen LogP) is 4.11. The van der Waals surface area contributed by atoms with Gasteiger partial charge in [-0.2, -0.15) is 5.10 Å². The third-order valence-corrected chi connectivity index (χ3v) is 2.95. The molecule has 0 aliphatic carbocycles. The topological polar surface area (TPSA) is 28.7 Å². The van der Waals surface area contributed by atoms with Crippen molar-refractivity contribution in [3.8, 4) is 11.3 Å². The van der Waals surface area contributed by atoms with Crippen molar-refractivity contribution in [1.82, 2.24) is 10.2 Å². The fourth-order valence-electron chi connectivity index (χ4n) is 1.20. The second-order valence-corrected chi connectivity index (χ2v) is 4.13. The zero-order valence-electron chi connectivity index (χ0n) is 7.50. The maximum atomic E-state index is 6.06. The van der Waals surface area contributed by atoms with Gasteiger partial charge in [0.1, 0.15) is 4.64 Å². The summed E-state index contributed by atoms with van der Waals surface area (Å²) in [6, 6.07) is 8.98. The highest BCUT2D eigenvalue weighted by Crippen LogP contribution is 2.31. The Bertz CT molecular complexity index is 531. The molecule has 0 aliphatic heterocycles. The van der Waals surface area contributed by atoms with Crippen LogP contribution in [0.4, 0.5) is 0 Å². The summed E-state index contributed by atoms with van der Waals surface area (Å²) < 4.78 is 0.580. The second kappa shape index (κ2) is 4.31. The van der Waals surface area contributed by atoms with Crippen LogP contribution in [0.3, 0.4) is 0 Å². The molecule has 2 nitrogen and oxygen atoms in total. The second-order valence-electron chi connectivity index (χ2n) is 2.91. The summed E-state index contributed by atoms with van der Waals surface area (Å²) in [5.41, 5.74) is 1.51. The van der Waals surface area contributed by atoms with Gasteiger partial charge in [0.15, 0.2) is 0 Å². The minimum atomic E-state index is 0.497. The lowest BCUT2D eigenvalue weighted by atomic mass is 10.1. The van der Waals surface area contributed by atoms with Crippen LogP contribution >= 0.6 is 35.4 Å². The Morgan fingerprint density at radius 3 is 2.60 bits per heavy atom. The van der Waals surface area contributed by atoms with E-state index in [9.17, 15) is 0 Å². The largest absolute Gasteiger partial charge is 0.267 e. The molecule has 0 aliphatic rings. The number of aromatic amines is 1. The summed E-state index contributed by atoms with van der Waals surface area (Å²) in [7, 11) is 0. The van der Waals surface area contributed by atoms with E-state index >= 15 is 0 Å². The number of benzene rings is 1. The van der Waals surface area contributed by atoms with E-state index in [0.29, 0.717) is 14.7 Å². The first-order valence-corrected chi connectivity index (χ1v) is 5.35. The van der Waals surface area contributed by atoms with Crippen molar-refractivity contribution in [2.24, 2.45) is 0 Å². The van der Waals surface area contributed by atoms with Crippen LogP contribution in [0.2, 0.25) is 10.0 Å². The van der Waals surface area contributed by atoms with E-state index in [4.69, 9.17) is 35.4 Å². The molecule has 0 atom stereocenters. The Morgan fingerprint density at radius 2 is 1.93 bits per heavy atom. The van der Waals surface area contributed by atoms with E-state index in [1.165, 1.54) is 0 Å². The SMILES string of the molecule is S=c1ccc(-c2cccc(Cl)c2Cl)n[nH]1. The van der Waals surface area contributed by atoms with Gasteiger partial charge in [-0.15, -0.1) is 0 Å². The Morgan fingerprint density at radius 1 is 1.13 bits per heavy atom. The van der Waals surface area contributed by atoms with Crippen LogP contribution < -0.4 is 0 Å². The average Bonchev–Trinajstić information content (AvgIpc) is 2.24. The third kappa shape index (κ3) is 2.20. The van der Waals surface area contributed by atoms with E-state index in [1.54, 1.807) is 18.2 Å². The quantitative estimate of drug-likeness (QED) is 0.778. The highest BCUT2D eigenvalue weighted by molar-refractivity contribution is 7.71. The number of hydrogen-bond donors (Lipinski definition) is 1. The van der Waals surface area contributed by atoms with Crippen LogP contribution in [0.15, 0.2) is 30.3 Å². The molecular formula is C10H6Cl2N2S. The van der Waals surface area contributed by atoms with Gasteiger partial charge in [-0.25, -0.2) is 0 Å². The van der Waals surface area contributed by atoms with Crippen LogP contribution in [0.1, 0.15) is 0 Å². The first-order valence-electron chi connectivity index (χ1n) is 4.18. The predicted molar refractivity (Wildman–Crippen MR) is 64.9 cm³/mol. The van der Waals surface area contributed by atoms with Crippen molar-refractivity contribution < 1.29 is 0 Å². The monoisotopic (exact) mass is 256 g/mol. The number of rotatable bonds is 1. The molecule has 0 bridgehead atoms. The number of halogens is 2. The lowest BCUT2D eigenvalue weighted by Gasteiger charge is -2.03. The van der Waals surface area contributed by atoms with E-state index < -0.39 is 0 Å². The van der Waals surface area contributed by atoms with Crippen molar-refractivity contribution in [3.05, 3.63) is 45.0 Å². The molecule has 0 saturated heterocycles. The molecule has 2 aromatic rings. The number of nitrogens with one attached hydrogen (secondary N) is 1. The molecule has 1 aromatic heterocycles. The Labute approximate surface area is 102 Å². The lowest BCUT2D eigenvalue weighted by molar-refractivity contribution is 1.02. The molecule has 0 fully saturated rings. The van der Waals surface area contributed by atoms with Crippen molar-refractivity contribution >= 4 is 35.4 Å². The van der Waals surface area contributed by atoms with Crippen LogP contribution in [0.25, 0.3) is 11.3 Å². The standard InChI is InChI=1S/C10H6Cl2N2S/c11-7-3-1-2-6(10(7)12)8-4-5-9(15)14-13-8/h1-5H,(H,14,15). The van der Waals surface area contributed by atoms with Crippen LogP contribution in [-0.4, -0.2) is 10.2 Å². The van der Waals surface area contributed by atoms with Crippen molar-refractivity contribution in [2.75, 3.05) is 0 Å². The fraction of sp³-hybridized carbons (Fsp3) is 0. The molecular weight excluding hydrogens is 251 g/mol. The molecule has 1 N–H and O–H groups in total. The molecule has 1 heterocycles. The summed E-state index contributed by atoms with van der Waals surface area (Å²) in [6.45, 7) is 0. The van der Waals surface area contributed by atoms with Gasteiger partial charge >= 0.3 is 0 Å². The minimum absolute atomic E-state index is 0.497. The van der Waals surface area contributed by atoms with Crippen LogP contribution in [-0.2, 0) is 0 Å².